The Morgan fingerprint density at radius 3 is 2.54 bits per heavy atom. The number of nitrogens with zero attached hydrogens (tertiary/aromatic N) is 4. The van der Waals surface area contributed by atoms with Crippen molar-refractivity contribution in [3.63, 3.8) is 0 Å². The fraction of sp³-hybridized carbons (Fsp3) is 0.250. The molecule has 0 saturated heterocycles. The molecule has 0 spiro atoms. The minimum Gasteiger partial charge on any atom is -0.495 e. The molecule has 0 fully saturated rings. The number of ether oxygens (including phenoxy) is 2. The maximum Gasteiger partial charge on any atom is 0.264 e. The van der Waals surface area contributed by atoms with Gasteiger partial charge < -0.3 is 14.8 Å². The van der Waals surface area contributed by atoms with Crippen LogP contribution < -0.4 is 20.3 Å². The van der Waals surface area contributed by atoms with Gasteiger partial charge in [0.15, 0.2) is 5.65 Å². The number of hydrogen-bond acceptors (Lipinski definition) is 6. The van der Waals surface area contributed by atoms with Gasteiger partial charge in [-0.1, -0.05) is 11.6 Å². The van der Waals surface area contributed by atoms with E-state index >= 15 is 0 Å². The number of carbonyl (C=O) groups excluding carboxylic acids is 1. The summed E-state index contributed by atoms with van der Waals surface area (Å²) in [7, 11) is 4.61. The minimum absolute atomic E-state index is 0.204. The summed E-state index contributed by atoms with van der Waals surface area (Å²) in [5, 5.41) is 7.32. The van der Waals surface area contributed by atoms with Gasteiger partial charge in [0.05, 0.1) is 20.4 Å². The quantitative estimate of drug-likeness (QED) is 0.722. The van der Waals surface area contributed by atoms with E-state index in [0.717, 1.165) is 0 Å². The molecule has 0 atom stereocenters. The molecule has 0 aliphatic heterocycles. The predicted octanol–water partition coefficient (Wildman–Crippen LogP) is 1.44. The Hall–Kier alpha value is -3.07. The number of benzene rings is 1. The number of halogens is 1. The van der Waals surface area contributed by atoms with Crippen LogP contribution in [0.15, 0.2) is 29.5 Å². The van der Waals surface area contributed by atoms with Gasteiger partial charge in [-0.05, 0) is 0 Å². The lowest BCUT2D eigenvalue weighted by Crippen LogP contribution is -2.27. The first-order valence-corrected chi connectivity index (χ1v) is 7.91. The summed E-state index contributed by atoms with van der Waals surface area (Å²) in [6, 6.07) is 3.13. The Morgan fingerprint density at radius 1 is 1.27 bits per heavy atom. The van der Waals surface area contributed by atoms with Crippen molar-refractivity contribution in [2.45, 2.75) is 6.54 Å². The summed E-state index contributed by atoms with van der Waals surface area (Å²) in [5.74, 6) is 0.303. The molecule has 26 heavy (non-hydrogen) atoms. The Labute approximate surface area is 153 Å². The van der Waals surface area contributed by atoms with Crippen LogP contribution in [0.3, 0.4) is 0 Å². The smallest absolute Gasteiger partial charge is 0.264 e. The summed E-state index contributed by atoms with van der Waals surface area (Å²) in [6.45, 7) is -0.204. The van der Waals surface area contributed by atoms with Crippen LogP contribution in [0.4, 0.5) is 5.69 Å². The van der Waals surface area contributed by atoms with Crippen LogP contribution in [0.2, 0.25) is 5.02 Å². The fourth-order valence-electron chi connectivity index (χ4n) is 2.48. The van der Waals surface area contributed by atoms with Crippen LogP contribution >= 0.6 is 11.6 Å². The molecule has 10 heteroatoms. The van der Waals surface area contributed by atoms with Gasteiger partial charge in [-0.25, -0.2) is 4.98 Å². The molecule has 0 aliphatic carbocycles. The van der Waals surface area contributed by atoms with E-state index in [1.807, 2.05) is 0 Å². The van der Waals surface area contributed by atoms with Crippen molar-refractivity contribution in [3.05, 3.63) is 40.0 Å². The van der Waals surface area contributed by atoms with E-state index < -0.39 is 5.91 Å². The van der Waals surface area contributed by atoms with E-state index in [4.69, 9.17) is 21.1 Å². The molecular weight excluding hydrogens is 362 g/mol. The van der Waals surface area contributed by atoms with Crippen LogP contribution in [0.1, 0.15) is 0 Å². The number of carbonyl (C=O) groups is 1. The molecule has 1 N–H and O–H groups in total. The Morgan fingerprint density at radius 2 is 1.92 bits per heavy atom. The molecule has 9 nitrogen and oxygen atoms in total. The predicted molar refractivity (Wildman–Crippen MR) is 96.0 cm³/mol. The third-order valence-corrected chi connectivity index (χ3v) is 4.13. The zero-order valence-electron chi connectivity index (χ0n) is 14.3. The molecule has 0 bridgehead atoms. The molecule has 2 aromatic heterocycles. The van der Waals surface area contributed by atoms with Gasteiger partial charge in [-0.15, -0.1) is 0 Å². The highest BCUT2D eigenvalue weighted by Gasteiger charge is 2.14. The summed E-state index contributed by atoms with van der Waals surface area (Å²) in [4.78, 5) is 28.9. The molecule has 0 aliphatic rings. The van der Waals surface area contributed by atoms with Crippen LogP contribution in [0.5, 0.6) is 11.5 Å². The summed E-state index contributed by atoms with van der Waals surface area (Å²) in [5.41, 5.74) is 0.542. The molecule has 1 aromatic carbocycles. The second-order valence-electron chi connectivity index (χ2n) is 5.43. The fourth-order valence-corrected chi connectivity index (χ4v) is 2.74. The SMILES string of the molecule is COc1cc(NC(=O)Cn2cnc3c(cnn3C)c2=O)cc(OC)c1Cl. The number of anilines is 1. The van der Waals surface area contributed by atoms with Crippen molar-refractivity contribution in [1.82, 2.24) is 19.3 Å². The molecule has 136 valence electrons. The van der Waals surface area contributed by atoms with E-state index in [1.165, 1.54) is 36.0 Å². The second kappa shape index (κ2) is 7.04. The van der Waals surface area contributed by atoms with Crippen molar-refractivity contribution < 1.29 is 14.3 Å². The van der Waals surface area contributed by atoms with E-state index in [1.54, 1.807) is 19.2 Å². The zero-order chi connectivity index (χ0) is 18.8. The third kappa shape index (κ3) is 3.21. The first-order chi connectivity index (χ1) is 12.4. The standard InChI is InChI=1S/C16H16ClN5O4/c1-21-15-10(6-19-21)16(24)22(8-18-15)7-13(23)20-9-4-11(25-2)14(17)12(5-9)26-3/h4-6,8H,7H2,1-3H3,(H,20,23). The molecule has 0 radical (unpaired) electrons. The number of fused-ring (bicyclic) bond motifs is 1. The van der Waals surface area contributed by atoms with E-state index in [-0.39, 0.29) is 12.1 Å². The lowest BCUT2D eigenvalue weighted by Gasteiger charge is -2.12. The van der Waals surface area contributed by atoms with Gasteiger partial charge in [0.25, 0.3) is 5.56 Å². The van der Waals surface area contributed by atoms with E-state index in [0.29, 0.717) is 33.2 Å². The van der Waals surface area contributed by atoms with Crippen molar-refractivity contribution in [1.29, 1.82) is 0 Å². The molecule has 0 saturated carbocycles. The maximum absolute atomic E-state index is 12.4. The number of aryl methyl sites for hydroxylation is 1. The first-order valence-electron chi connectivity index (χ1n) is 7.53. The van der Waals surface area contributed by atoms with E-state index in [9.17, 15) is 9.59 Å². The number of nitrogens with one attached hydrogen (secondary N) is 1. The summed E-state index contributed by atoms with van der Waals surface area (Å²) < 4.78 is 13.0. The topological polar surface area (TPSA) is 100 Å². The number of amides is 1. The van der Waals surface area contributed by atoms with Crippen LogP contribution in [-0.4, -0.2) is 39.5 Å². The molecule has 3 rings (SSSR count). The Kier molecular flexibility index (Phi) is 4.81. The van der Waals surface area contributed by atoms with Crippen LogP contribution in [0.25, 0.3) is 11.0 Å². The lowest BCUT2D eigenvalue weighted by atomic mass is 10.2. The van der Waals surface area contributed by atoms with Gasteiger partial charge in [0.2, 0.25) is 5.91 Å². The van der Waals surface area contributed by atoms with Crippen molar-refractivity contribution in [3.8, 4) is 11.5 Å². The minimum atomic E-state index is -0.413. The van der Waals surface area contributed by atoms with Gasteiger partial charge in [-0.2, -0.15) is 5.10 Å². The first kappa shape index (κ1) is 17.7. The maximum atomic E-state index is 12.4. The second-order valence-corrected chi connectivity index (χ2v) is 5.80. The van der Waals surface area contributed by atoms with Crippen LogP contribution in [-0.2, 0) is 18.4 Å². The molecule has 2 heterocycles. The molecule has 1 amide bonds. The number of methoxy groups -OCH3 is 2. The van der Waals surface area contributed by atoms with Crippen molar-refractivity contribution in [2.24, 2.45) is 7.05 Å². The number of hydrogen-bond donors (Lipinski definition) is 1. The average Bonchev–Trinajstić information content (AvgIpc) is 3.00. The average molecular weight is 378 g/mol. The zero-order valence-corrected chi connectivity index (χ0v) is 15.1. The number of aromatic nitrogens is 4. The molecule has 0 unspecified atom stereocenters. The van der Waals surface area contributed by atoms with Crippen molar-refractivity contribution in [2.75, 3.05) is 19.5 Å². The lowest BCUT2D eigenvalue weighted by molar-refractivity contribution is -0.116. The third-order valence-electron chi connectivity index (χ3n) is 3.76. The van der Waals surface area contributed by atoms with Gasteiger partial charge in [0.1, 0.15) is 34.8 Å². The van der Waals surface area contributed by atoms with Crippen LogP contribution in [0, 0.1) is 0 Å². The highest BCUT2D eigenvalue weighted by atomic mass is 35.5. The Balaban J connectivity index is 1.83. The van der Waals surface area contributed by atoms with Gasteiger partial charge >= 0.3 is 0 Å². The highest BCUT2D eigenvalue weighted by molar-refractivity contribution is 6.33. The van der Waals surface area contributed by atoms with E-state index in [2.05, 4.69) is 15.4 Å². The molecular formula is C16H16ClN5O4. The molecule has 3 aromatic rings. The van der Waals surface area contributed by atoms with Gasteiger partial charge in [-0.3, -0.25) is 18.8 Å². The Bertz CT molecular complexity index is 1020. The summed E-state index contributed by atoms with van der Waals surface area (Å²) >= 11 is 6.10. The largest absolute Gasteiger partial charge is 0.495 e. The monoisotopic (exact) mass is 377 g/mol. The van der Waals surface area contributed by atoms with Crippen molar-refractivity contribution >= 4 is 34.2 Å². The summed E-state index contributed by atoms with van der Waals surface area (Å²) in [6.07, 6.45) is 2.74. The number of rotatable bonds is 5. The van der Waals surface area contributed by atoms with Gasteiger partial charge in [0, 0.05) is 24.9 Å². The highest BCUT2D eigenvalue weighted by Crippen LogP contribution is 2.37. The normalized spacial score (nSPS) is 10.8.